The van der Waals surface area contributed by atoms with E-state index in [9.17, 15) is 22.0 Å². The maximum absolute atomic E-state index is 13.3. The first-order valence-corrected chi connectivity index (χ1v) is 9.12. The Kier molecular flexibility index (Phi) is 4.42. The second-order valence-corrected chi connectivity index (χ2v) is 7.44. The van der Waals surface area contributed by atoms with Gasteiger partial charge in [0.25, 0.3) is 15.9 Å². The summed E-state index contributed by atoms with van der Waals surface area (Å²) < 4.78 is 53.4. The van der Waals surface area contributed by atoms with Gasteiger partial charge < -0.3 is 10.2 Å². The number of benzene rings is 1. The standard InChI is InChI=1S/C16H15F2N3O3S/c1-10(11-4-5-13(17)14(18)9-11)19-16(22)12-3-2-6-21-7-8-25(23,24)20-15(12)21/h2-6,9-10H,7-8H2,1H3,(H,19,22). The molecule has 0 aromatic heterocycles. The topological polar surface area (TPSA) is 78.8 Å². The van der Waals surface area contributed by atoms with Crippen LogP contribution in [0.2, 0.25) is 0 Å². The number of carbonyl (C=O) groups is 1. The van der Waals surface area contributed by atoms with Crippen molar-refractivity contribution >= 4 is 21.8 Å². The van der Waals surface area contributed by atoms with E-state index in [4.69, 9.17) is 0 Å². The molecular formula is C16H15F2N3O3S. The number of amidine groups is 1. The predicted octanol–water partition coefficient (Wildman–Crippen LogP) is 1.64. The lowest BCUT2D eigenvalue weighted by atomic mass is 10.1. The highest BCUT2D eigenvalue weighted by Gasteiger charge is 2.30. The Morgan fingerprint density at radius 3 is 2.80 bits per heavy atom. The van der Waals surface area contributed by atoms with Crippen LogP contribution in [-0.4, -0.2) is 37.4 Å². The Balaban J connectivity index is 1.82. The quantitative estimate of drug-likeness (QED) is 0.881. The number of fused-ring (bicyclic) bond motifs is 1. The predicted molar refractivity (Wildman–Crippen MR) is 88.1 cm³/mol. The van der Waals surface area contributed by atoms with Crippen LogP contribution in [0.15, 0.2) is 46.5 Å². The van der Waals surface area contributed by atoms with E-state index in [1.54, 1.807) is 24.1 Å². The molecule has 1 N–H and O–H groups in total. The molecule has 25 heavy (non-hydrogen) atoms. The second-order valence-electron chi connectivity index (χ2n) is 5.68. The summed E-state index contributed by atoms with van der Waals surface area (Å²) in [5.74, 6) is -2.60. The van der Waals surface area contributed by atoms with Crippen molar-refractivity contribution in [3.63, 3.8) is 0 Å². The lowest BCUT2D eigenvalue weighted by molar-refractivity contribution is -0.117. The fourth-order valence-electron chi connectivity index (χ4n) is 2.53. The zero-order valence-electron chi connectivity index (χ0n) is 13.2. The molecule has 6 nitrogen and oxygen atoms in total. The minimum Gasteiger partial charge on any atom is -0.345 e. The maximum Gasteiger partial charge on any atom is 0.256 e. The van der Waals surface area contributed by atoms with Gasteiger partial charge in [-0.25, -0.2) is 17.2 Å². The van der Waals surface area contributed by atoms with Gasteiger partial charge in [-0.15, -0.1) is 4.40 Å². The van der Waals surface area contributed by atoms with Crippen molar-refractivity contribution < 1.29 is 22.0 Å². The van der Waals surface area contributed by atoms with Crippen LogP contribution in [0.4, 0.5) is 8.78 Å². The number of hydrogen-bond acceptors (Lipinski definition) is 4. The third-order valence-electron chi connectivity index (χ3n) is 3.89. The normalized spacial score (nSPS) is 19.6. The number of carbonyl (C=O) groups excluding carboxylic acids is 1. The molecule has 0 bridgehead atoms. The summed E-state index contributed by atoms with van der Waals surface area (Å²) in [5.41, 5.74) is 0.481. The second kappa shape index (κ2) is 6.40. The Bertz CT molecular complexity index is 923. The van der Waals surface area contributed by atoms with Crippen molar-refractivity contribution in [2.45, 2.75) is 13.0 Å². The van der Waals surface area contributed by atoms with E-state index >= 15 is 0 Å². The molecule has 0 fully saturated rings. The molecule has 0 spiro atoms. The van der Waals surface area contributed by atoms with Gasteiger partial charge >= 0.3 is 0 Å². The number of nitrogens with one attached hydrogen (secondary N) is 1. The largest absolute Gasteiger partial charge is 0.345 e. The molecule has 1 aromatic carbocycles. The van der Waals surface area contributed by atoms with Crippen LogP contribution < -0.4 is 5.32 Å². The Hall–Kier alpha value is -2.55. The van der Waals surface area contributed by atoms with Gasteiger partial charge in [-0.2, -0.15) is 0 Å². The van der Waals surface area contributed by atoms with Crippen molar-refractivity contribution in [3.8, 4) is 0 Å². The highest BCUT2D eigenvalue weighted by molar-refractivity contribution is 7.90. The SMILES string of the molecule is CC(NC(=O)C1=CC=CN2CCS(=O)(=O)N=C12)c1ccc(F)c(F)c1. The molecule has 1 aromatic rings. The van der Waals surface area contributed by atoms with Gasteiger partial charge in [-0.05, 0) is 36.8 Å². The molecule has 0 radical (unpaired) electrons. The number of nitrogens with zero attached hydrogens (tertiary/aromatic N) is 2. The number of sulfonamides is 1. The molecule has 2 aliphatic heterocycles. The third-order valence-corrected chi connectivity index (χ3v) is 5.04. The number of allylic oxidation sites excluding steroid dienone is 2. The van der Waals surface area contributed by atoms with E-state index in [1.807, 2.05) is 0 Å². The molecule has 1 atom stereocenters. The monoisotopic (exact) mass is 367 g/mol. The molecule has 0 aliphatic carbocycles. The van der Waals surface area contributed by atoms with Crippen molar-refractivity contribution in [2.24, 2.45) is 4.40 Å². The molecule has 2 aliphatic rings. The summed E-state index contributed by atoms with van der Waals surface area (Å²) in [6.07, 6.45) is 4.72. The smallest absolute Gasteiger partial charge is 0.256 e. The Morgan fingerprint density at radius 1 is 1.32 bits per heavy atom. The number of hydrogen-bond donors (Lipinski definition) is 1. The number of amides is 1. The first-order chi connectivity index (χ1) is 11.8. The summed E-state index contributed by atoms with van der Waals surface area (Å²) in [5, 5.41) is 2.64. The maximum atomic E-state index is 13.3. The van der Waals surface area contributed by atoms with E-state index in [0.29, 0.717) is 5.56 Å². The molecule has 1 unspecified atom stereocenters. The van der Waals surface area contributed by atoms with Crippen LogP contribution in [-0.2, 0) is 14.8 Å². The first-order valence-electron chi connectivity index (χ1n) is 7.51. The fourth-order valence-corrected chi connectivity index (χ4v) is 3.52. The zero-order valence-corrected chi connectivity index (χ0v) is 14.1. The van der Waals surface area contributed by atoms with Gasteiger partial charge in [-0.3, -0.25) is 4.79 Å². The van der Waals surface area contributed by atoms with Gasteiger partial charge in [0.2, 0.25) is 0 Å². The average molecular weight is 367 g/mol. The average Bonchev–Trinajstić information content (AvgIpc) is 2.55. The molecular weight excluding hydrogens is 352 g/mol. The summed E-state index contributed by atoms with van der Waals surface area (Å²) in [7, 11) is -3.61. The van der Waals surface area contributed by atoms with E-state index < -0.39 is 33.6 Å². The van der Waals surface area contributed by atoms with E-state index in [2.05, 4.69) is 9.71 Å². The van der Waals surface area contributed by atoms with Crippen LogP contribution in [0, 0.1) is 11.6 Å². The molecule has 9 heteroatoms. The van der Waals surface area contributed by atoms with Crippen LogP contribution in [0.3, 0.4) is 0 Å². The van der Waals surface area contributed by atoms with Gasteiger partial charge in [0.05, 0.1) is 17.4 Å². The Morgan fingerprint density at radius 2 is 2.08 bits per heavy atom. The molecule has 1 amide bonds. The van der Waals surface area contributed by atoms with E-state index in [1.165, 1.54) is 12.1 Å². The first kappa shape index (κ1) is 17.3. The lowest BCUT2D eigenvalue weighted by Gasteiger charge is -2.29. The highest BCUT2D eigenvalue weighted by Crippen LogP contribution is 2.20. The summed E-state index contributed by atoms with van der Waals surface area (Å²) in [6, 6.07) is 2.75. The van der Waals surface area contributed by atoms with Crippen molar-refractivity contribution in [3.05, 3.63) is 59.3 Å². The fraction of sp³-hybridized carbons (Fsp3) is 0.250. The van der Waals surface area contributed by atoms with Crippen molar-refractivity contribution in [1.29, 1.82) is 0 Å². The number of halogens is 2. The van der Waals surface area contributed by atoms with Gasteiger partial charge in [0.15, 0.2) is 17.5 Å². The van der Waals surface area contributed by atoms with Crippen LogP contribution >= 0.6 is 0 Å². The molecule has 2 heterocycles. The molecule has 3 rings (SSSR count). The van der Waals surface area contributed by atoms with Gasteiger partial charge in [0.1, 0.15) is 0 Å². The van der Waals surface area contributed by atoms with E-state index in [-0.39, 0.29) is 23.7 Å². The van der Waals surface area contributed by atoms with Gasteiger partial charge in [-0.1, -0.05) is 6.07 Å². The lowest BCUT2D eigenvalue weighted by Crippen LogP contribution is -2.42. The summed E-state index contributed by atoms with van der Waals surface area (Å²) >= 11 is 0. The van der Waals surface area contributed by atoms with Crippen molar-refractivity contribution in [2.75, 3.05) is 12.3 Å². The van der Waals surface area contributed by atoms with Gasteiger partial charge in [0, 0.05) is 12.7 Å². The molecule has 0 saturated heterocycles. The van der Waals surface area contributed by atoms with Crippen LogP contribution in [0.5, 0.6) is 0 Å². The summed E-state index contributed by atoms with van der Waals surface area (Å²) in [4.78, 5) is 14.1. The minimum absolute atomic E-state index is 0.0590. The third kappa shape index (κ3) is 3.60. The molecule has 0 saturated carbocycles. The summed E-state index contributed by atoms with van der Waals surface area (Å²) in [6.45, 7) is 1.82. The Labute approximate surface area is 143 Å². The zero-order chi connectivity index (χ0) is 18.2. The van der Waals surface area contributed by atoms with Crippen molar-refractivity contribution in [1.82, 2.24) is 10.2 Å². The molecule has 132 valence electrons. The van der Waals surface area contributed by atoms with Crippen LogP contribution in [0.1, 0.15) is 18.5 Å². The number of rotatable bonds is 3. The van der Waals surface area contributed by atoms with E-state index in [0.717, 1.165) is 12.1 Å². The van der Waals surface area contributed by atoms with Crippen LogP contribution in [0.25, 0.3) is 0 Å². The minimum atomic E-state index is -3.61. The highest BCUT2D eigenvalue weighted by atomic mass is 32.2.